The van der Waals surface area contributed by atoms with Crippen LogP contribution in [-0.2, 0) is 26.0 Å². The van der Waals surface area contributed by atoms with Gasteiger partial charge in [0.05, 0.1) is 4.90 Å². The van der Waals surface area contributed by atoms with Crippen LogP contribution in [0, 0.1) is 6.92 Å². The average molecular weight is 432 g/mol. The highest BCUT2D eigenvalue weighted by molar-refractivity contribution is 7.89. The molecule has 0 aliphatic carbocycles. The van der Waals surface area contributed by atoms with Crippen LogP contribution in [0.25, 0.3) is 0 Å². The van der Waals surface area contributed by atoms with Crippen molar-refractivity contribution in [3.8, 4) is 0 Å². The summed E-state index contributed by atoms with van der Waals surface area (Å²) in [5.74, 6) is -1.86. The molecule has 0 aromatic heterocycles. The summed E-state index contributed by atoms with van der Waals surface area (Å²) < 4.78 is 27.3. The minimum absolute atomic E-state index is 0.00921. The molecule has 160 valence electrons. The Morgan fingerprint density at radius 1 is 1.17 bits per heavy atom. The normalized spacial score (nSPS) is 20.6. The third kappa shape index (κ3) is 4.86. The van der Waals surface area contributed by atoms with Gasteiger partial charge in [0, 0.05) is 19.0 Å². The second-order valence-corrected chi connectivity index (χ2v) is 9.38. The Labute approximate surface area is 175 Å². The van der Waals surface area contributed by atoms with Gasteiger partial charge in [0.25, 0.3) is 0 Å². The van der Waals surface area contributed by atoms with E-state index in [1.807, 2.05) is 13.0 Å². The van der Waals surface area contributed by atoms with Crippen molar-refractivity contribution >= 4 is 21.9 Å². The predicted octanol–water partition coefficient (Wildman–Crippen LogP) is 0.897. The number of aliphatic carboxylic acids is 1. The van der Waals surface area contributed by atoms with Crippen LogP contribution in [0.3, 0.4) is 0 Å². The van der Waals surface area contributed by atoms with E-state index in [1.165, 1.54) is 12.1 Å². The molecule has 0 bridgehead atoms. The van der Waals surface area contributed by atoms with Crippen molar-refractivity contribution in [3.63, 3.8) is 0 Å². The molecule has 1 heterocycles. The first kappa shape index (κ1) is 21.9. The number of nitrogens with two attached hydrogens (primary N) is 1. The Morgan fingerprint density at radius 2 is 1.80 bits per heavy atom. The molecule has 2 aromatic carbocycles. The number of aryl methyl sites for hydroxylation is 1. The van der Waals surface area contributed by atoms with Gasteiger partial charge in [-0.1, -0.05) is 48.0 Å². The van der Waals surface area contributed by atoms with Crippen LogP contribution in [0.2, 0.25) is 0 Å². The van der Waals surface area contributed by atoms with Crippen LogP contribution in [-0.4, -0.2) is 54.4 Å². The minimum atomic E-state index is -3.95. The number of rotatable bonds is 7. The van der Waals surface area contributed by atoms with Gasteiger partial charge in [0.1, 0.15) is 12.1 Å². The van der Waals surface area contributed by atoms with Gasteiger partial charge in [-0.15, -0.1) is 0 Å². The van der Waals surface area contributed by atoms with E-state index >= 15 is 0 Å². The quantitative estimate of drug-likeness (QED) is 0.597. The summed E-state index contributed by atoms with van der Waals surface area (Å²) in [5, 5.41) is 12.0. The summed E-state index contributed by atoms with van der Waals surface area (Å²) in [6.45, 7) is 1.84. The lowest BCUT2D eigenvalue weighted by molar-refractivity contribution is -0.142. The van der Waals surface area contributed by atoms with E-state index in [-0.39, 0.29) is 24.3 Å². The fraction of sp³-hybridized carbons (Fsp3) is 0.333. The molecule has 8 nitrogen and oxygen atoms in total. The van der Waals surface area contributed by atoms with Crippen molar-refractivity contribution in [2.45, 2.75) is 42.8 Å². The first-order valence-corrected chi connectivity index (χ1v) is 11.0. The molecule has 1 unspecified atom stereocenters. The average Bonchev–Trinajstić information content (AvgIpc) is 3.11. The van der Waals surface area contributed by atoms with Gasteiger partial charge in [-0.3, -0.25) is 4.79 Å². The van der Waals surface area contributed by atoms with Gasteiger partial charge < -0.3 is 16.2 Å². The number of hydrogen-bond donors (Lipinski definition) is 3. The smallest absolute Gasteiger partial charge is 0.326 e. The zero-order valence-electron chi connectivity index (χ0n) is 16.6. The van der Waals surface area contributed by atoms with E-state index in [2.05, 4.69) is 5.32 Å². The number of carboxylic acid groups (broad SMARTS) is 1. The molecule has 1 saturated heterocycles. The van der Waals surface area contributed by atoms with E-state index in [1.54, 1.807) is 36.4 Å². The molecule has 0 saturated carbocycles. The highest BCUT2D eigenvalue weighted by atomic mass is 32.2. The molecule has 4 N–H and O–H groups in total. The Hall–Kier alpha value is -2.75. The maximum absolute atomic E-state index is 13.1. The summed E-state index contributed by atoms with van der Waals surface area (Å²) in [7, 11) is -3.95. The number of benzene rings is 2. The number of hydrogen-bond acceptors (Lipinski definition) is 5. The summed E-state index contributed by atoms with van der Waals surface area (Å²) in [6, 6.07) is 12.5. The number of nitrogens with zero attached hydrogens (tertiary/aromatic N) is 1. The highest BCUT2D eigenvalue weighted by Crippen LogP contribution is 2.26. The van der Waals surface area contributed by atoms with Crippen molar-refractivity contribution < 1.29 is 23.1 Å². The number of carboxylic acids is 1. The standard InChI is InChI=1S/C21H25N3O5S/c1-14-7-9-17(10-8-14)30(28,29)24-13-16(22)12-19(24)20(25)23-18(21(26)27)11-15-5-3-2-4-6-15/h2-10,16,18-19H,11-13,22H2,1H3,(H,23,25)(H,26,27)/t16?,18-,19-/m0/s1. The Kier molecular flexibility index (Phi) is 6.55. The molecule has 3 rings (SSSR count). The zero-order valence-corrected chi connectivity index (χ0v) is 17.4. The molecule has 1 aliphatic heterocycles. The Balaban J connectivity index is 1.80. The maximum Gasteiger partial charge on any atom is 0.326 e. The second-order valence-electron chi connectivity index (χ2n) is 7.49. The lowest BCUT2D eigenvalue weighted by Crippen LogP contribution is -2.51. The lowest BCUT2D eigenvalue weighted by Gasteiger charge is -2.25. The van der Waals surface area contributed by atoms with Crippen molar-refractivity contribution in [1.29, 1.82) is 0 Å². The molecule has 0 radical (unpaired) electrons. The number of nitrogens with one attached hydrogen (secondary N) is 1. The van der Waals surface area contributed by atoms with Crippen LogP contribution < -0.4 is 11.1 Å². The molecule has 1 amide bonds. The molecule has 3 atom stereocenters. The van der Waals surface area contributed by atoms with E-state index < -0.39 is 40.0 Å². The topological polar surface area (TPSA) is 130 Å². The lowest BCUT2D eigenvalue weighted by atomic mass is 10.1. The van der Waals surface area contributed by atoms with Crippen LogP contribution in [0.4, 0.5) is 0 Å². The molecule has 30 heavy (non-hydrogen) atoms. The highest BCUT2D eigenvalue weighted by Gasteiger charge is 2.43. The van der Waals surface area contributed by atoms with Gasteiger partial charge in [-0.25, -0.2) is 13.2 Å². The van der Waals surface area contributed by atoms with Crippen LogP contribution in [0.1, 0.15) is 17.5 Å². The molecular weight excluding hydrogens is 406 g/mol. The third-order valence-electron chi connectivity index (χ3n) is 5.12. The van der Waals surface area contributed by atoms with E-state index in [9.17, 15) is 23.1 Å². The van der Waals surface area contributed by atoms with Crippen molar-refractivity contribution in [1.82, 2.24) is 9.62 Å². The summed E-state index contributed by atoms with van der Waals surface area (Å²) in [4.78, 5) is 24.7. The molecule has 1 aliphatic rings. The first-order chi connectivity index (χ1) is 14.2. The monoisotopic (exact) mass is 431 g/mol. The van der Waals surface area contributed by atoms with Gasteiger partial charge in [0.2, 0.25) is 15.9 Å². The maximum atomic E-state index is 13.1. The van der Waals surface area contributed by atoms with Gasteiger partial charge in [-0.05, 0) is 31.0 Å². The van der Waals surface area contributed by atoms with E-state index in [0.29, 0.717) is 0 Å². The Bertz CT molecular complexity index is 1010. The van der Waals surface area contributed by atoms with Gasteiger partial charge in [0.15, 0.2) is 0 Å². The number of carbonyl (C=O) groups excluding carboxylic acids is 1. The van der Waals surface area contributed by atoms with Crippen LogP contribution in [0.5, 0.6) is 0 Å². The Morgan fingerprint density at radius 3 is 2.40 bits per heavy atom. The second kappa shape index (κ2) is 8.95. The summed E-state index contributed by atoms with van der Waals surface area (Å²) in [5.41, 5.74) is 7.62. The summed E-state index contributed by atoms with van der Waals surface area (Å²) in [6.07, 6.45) is 0.208. The van der Waals surface area contributed by atoms with Crippen LogP contribution in [0.15, 0.2) is 59.5 Å². The predicted molar refractivity (Wildman–Crippen MR) is 111 cm³/mol. The molecule has 0 spiro atoms. The largest absolute Gasteiger partial charge is 0.480 e. The van der Waals surface area contributed by atoms with Crippen molar-refractivity contribution in [2.24, 2.45) is 5.73 Å². The fourth-order valence-corrected chi connectivity index (χ4v) is 5.16. The van der Waals surface area contributed by atoms with Crippen molar-refractivity contribution in [2.75, 3.05) is 6.54 Å². The number of amides is 1. The molecular formula is C21H25N3O5S. The first-order valence-electron chi connectivity index (χ1n) is 9.59. The van der Waals surface area contributed by atoms with E-state index in [0.717, 1.165) is 15.4 Å². The van der Waals surface area contributed by atoms with Gasteiger partial charge in [-0.2, -0.15) is 4.31 Å². The third-order valence-corrected chi connectivity index (χ3v) is 7.00. The van der Waals surface area contributed by atoms with Crippen LogP contribution >= 0.6 is 0 Å². The molecule has 2 aromatic rings. The van der Waals surface area contributed by atoms with E-state index in [4.69, 9.17) is 5.73 Å². The molecule has 9 heteroatoms. The molecule has 1 fully saturated rings. The zero-order chi connectivity index (χ0) is 21.9. The minimum Gasteiger partial charge on any atom is -0.480 e. The fourth-order valence-electron chi connectivity index (χ4n) is 3.50. The van der Waals surface area contributed by atoms with Crippen molar-refractivity contribution in [3.05, 3.63) is 65.7 Å². The summed E-state index contributed by atoms with van der Waals surface area (Å²) >= 11 is 0. The SMILES string of the molecule is Cc1ccc(S(=O)(=O)N2CC(N)C[C@H]2C(=O)N[C@@H](Cc2ccccc2)C(=O)O)cc1. The van der Waals surface area contributed by atoms with Gasteiger partial charge >= 0.3 is 5.97 Å². The number of sulfonamides is 1. The number of carbonyl (C=O) groups is 2.